The normalized spacial score (nSPS) is 11.9. The van der Waals surface area contributed by atoms with Crippen LogP contribution in [-0.2, 0) is 11.3 Å². The molecule has 0 amide bonds. The Labute approximate surface area is 148 Å². The lowest BCUT2D eigenvalue weighted by Gasteiger charge is -2.15. The predicted molar refractivity (Wildman–Crippen MR) is 99.9 cm³/mol. The minimum absolute atomic E-state index is 0.197. The second-order valence-electron chi connectivity index (χ2n) is 6.13. The Balaban J connectivity index is 1.78. The van der Waals surface area contributed by atoms with E-state index in [9.17, 15) is 4.79 Å². The SMILES string of the molecule is CCC(C)c1ccc(OC(=O)OCc2ccccc2)c2ccccc12. The van der Waals surface area contributed by atoms with Crippen LogP contribution in [0.5, 0.6) is 5.75 Å². The van der Waals surface area contributed by atoms with Gasteiger partial charge in [-0.1, -0.05) is 74.5 Å². The van der Waals surface area contributed by atoms with Crippen LogP contribution >= 0.6 is 0 Å². The van der Waals surface area contributed by atoms with Crippen LogP contribution in [-0.4, -0.2) is 6.16 Å². The molecule has 0 aliphatic carbocycles. The molecule has 0 saturated heterocycles. The highest BCUT2D eigenvalue weighted by atomic mass is 16.7. The molecule has 1 atom stereocenters. The highest BCUT2D eigenvalue weighted by Gasteiger charge is 2.14. The average Bonchev–Trinajstić information content (AvgIpc) is 2.67. The molecule has 3 nitrogen and oxygen atoms in total. The number of carbonyl (C=O) groups is 1. The summed E-state index contributed by atoms with van der Waals surface area (Å²) < 4.78 is 10.7. The molecule has 0 aliphatic rings. The van der Waals surface area contributed by atoms with Crippen molar-refractivity contribution in [1.29, 1.82) is 0 Å². The molecule has 0 aromatic heterocycles. The van der Waals surface area contributed by atoms with Crippen molar-refractivity contribution in [2.24, 2.45) is 0 Å². The van der Waals surface area contributed by atoms with Crippen molar-refractivity contribution in [1.82, 2.24) is 0 Å². The first kappa shape index (κ1) is 17.0. The van der Waals surface area contributed by atoms with Gasteiger partial charge in [0, 0.05) is 5.39 Å². The average molecular weight is 334 g/mol. The first-order valence-electron chi connectivity index (χ1n) is 8.59. The number of carbonyl (C=O) groups excluding carboxylic acids is 1. The third kappa shape index (κ3) is 4.00. The van der Waals surface area contributed by atoms with Gasteiger partial charge in [-0.25, -0.2) is 4.79 Å². The molecule has 128 valence electrons. The second-order valence-corrected chi connectivity index (χ2v) is 6.13. The predicted octanol–water partition coefficient (Wildman–Crippen LogP) is 6.07. The van der Waals surface area contributed by atoms with Gasteiger partial charge >= 0.3 is 6.16 Å². The van der Waals surface area contributed by atoms with E-state index in [4.69, 9.17) is 9.47 Å². The molecular formula is C22H22O3. The fourth-order valence-electron chi connectivity index (χ4n) is 2.87. The Kier molecular flexibility index (Phi) is 5.34. The Bertz CT molecular complexity index is 856. The molecule has 3 heteroatoms. The van der Waals surface area contributed by atoms with Crippen molar-refractivity contribution in [2.45, 2.75) is 32.8 Å². The second kappa shape index (κ2) is 7.84. The molecule has 0 fully saturated rings. The monoisotopic (exact) mass is 334 g/mol. The van der Waals surface area contributed by atoms with E-state index < -0.39 is 6.16 Å². The maximum atomic E-state index is 12.1. The van der Waals surface area contributed by atoms with E-state index >= 15 is 0 Å². The topological polar surface area (TPSA) is 35.5 Å². The van der Waals surface area contributed by atoms with Crippen LogP contribution in [0.25, 0.3) is 10.8 Å². The smallest absolute Gasteiger partial charge is 0.429 e. The maximum Gasteiger partial charge on any atom is 0.514 e. The van der Waals surface area contributed by atoms with Gasteiger partial charge in [0.05, 0.1) is 0 Å². The Morgan fingerprint density at radius 3 is 2.32 bits per heavy atom. The van der Waals surface area contributed by atoms with Crippen molar-refractivity contribution in [3.63, 3.8) is 0 Å². The van der Waals surface area contributed by atoms with E-state index in [1.807, 2.05) is 60.7 Å². The zero-order chi connectivity index (χ0) is 17.6. The third-order valence-corrected chi connectivity index (χ3v) is 4.45. The fourth-order valence-corrected chi connectivity index (χ4v) is 2.87. The Hall–Kier alpha value is -2.81. The van der Waals surface area contributed by atoms with Gasteiger partial charge in [0.15, 0.2) is 0 Å². The molecule has 0 heterocycles. The molecule has 1 unspecified atom stereocenters. The number of fused-ring (bicyclic) bond motifs is 1. The van der Waals surface area contributed by atoms with Crippen LogP contribution in [0.15, 0.2) is 66.7 Å². The van der Waals surface area contributed by atoms with Crippen molar-refractivity contribution in [3.05, 3.63) is 77.9 Å². The first-order valence-corrected chi connectivity index (χ1v) is 8.59. The lowest BCUT2D eigenvalue weighted by atomic mass is 9.93. The van der Waals surface area contributed by atoms with Crippen molar-refractivity contribution >= 4 is 16.9 Å². The van der Waals surface area contributed by atoms with Crippen molar-refractivity contribution in [3.8, 4) is 5.75 Å². The Morgan fingerprint density at radius 2 is 1.60 bits per heavy atom. The van der Waals surface area contributed by atoms with Crippen LogP contribution in [0.3, 0.4) is 0 Å². The molecule has 0 bridgehead atoms. The number of hydrogen-bond acceptors (Lipinski definition) is 3. The molecule has 3 aromatic carbocycles. The first-order chi connectivity index (χ1) is 12.2. The highest BCUT2D eigenvalue weighted by Crippen LogP contribution is 2.33. The zero-order valence-corrected chi connectivity index (χ0v) is 14.6. The van der Waals surface area contributed by atoms with Gasteiger partial charge in [0.25, 0.3) is 0 Å². The van der Waals surface area contributed by atoms with Crippen LogP contribution in [0, 0.1) is 0 Å². The summed E-state index contributed by atoms with van der Waals surface area (Å²) in [6, 6.07) is 21.4. The van der Waals surface area contributed by atoms with E-state index in [-0.39, 0.29) is 6.61 Å². The number of rotatable bonds is 5. The minimum Gasteiger partial charge on any atom is -0.429 e. The van der Waals surface area contributed by atoms with E-state index in [1.54, 1.807) is 0 Å². The lowest BCUT2D eigenvalue weighted by Crippen LogP contribution is -2.11. The summed E-state index contributed by atoms with van der Waals surface area (Å²) in [4.78, 5) is 12.1. The van der Waals surface area contributed by atoms with Gasteiger partial charge in [-0.05, 0) is 34.9 Å². The number of benzene rings is 3. The molecule has 3 rings (SSSR count). The number of ether oxygens (including phenoxy) is 2. The van der Waals surface area contributed by atoms with Crippen molar-refractivity contribution in [2.75, 3.05) is 0 Å². The molecule has 0 spiro atoms. The zero-order valence-electron chi connectivity index (χ0n) is 14.6. The summed E-state index contributed by atoms with van der Waals surface area (Å²) >= 11 is 0. The molecule has 0 saturated carbocycles. The van der Waals surface area contributed by atoms with Crippen molar-refractivity contribution < 1.29 is 14.3 Å². The quantitative estimate of drug-likeness (QED) is 0.420. The van der Waals surface area contributed by atoms with Gasteiger partial charge in [-0.15, -0.1) is 0 Å². The summed E-state index contributed by atoms with van der Waals surface area (Å²) in [5.74, 6) is 0.977. The highest BCUT2D eigenvalue weighted by molar-refractivity contribution is 5.92. The van der Waals surface area contributed by atoms with E-state index in [0.29, 0.717) is 11.7 Å². The molecule has 0 radical (unpaired) electrons. The van der Waals surface area contributed by atoms with Gasteiger partial charge in [-0.2, -0.15) is 0 Å². The van der Waals surface area contributed by atoms with Crippen LogP contribution < -0.4 is 4.74 Å². The largest absolute Gasteiger partial charge is 0.514 e. The van der Waals surface area contributed by atoms with Crippen LogP contribution in [0.1, 0.15) is 37.3 Å². The van der Waals surface area contributed by atoms with Gasteiger partial charge < -0.3 is 9.47 Å². The van der Waals surface area contributed by atoms with Gasteiger partial charge in [0.1, 0.15) is 12.4 Å². The van der Waals surface area contributed by atoms with Gasteiger partial charge in [-0.3, -0.25) is 0 Å². The van der Waals surface area contributed by atoms with Crippen LogP contribution in [0.4, 0.5) is 4.79 Å². The molecular weight excluding hydrogens is 312 g/mol. The summed E-state index contributed by atoms with van der Waals surface area (Å²) in [6.07, 6.45) is 0.369. The summed E-state index contributed by atoms with van der Waals surface area (Å²) in [7, 11) is 0. The molecule has 3 aromatic rings. The van der Waals surface area contributed by atoms with Crippen LogP contribution in [0.2, 0.25) is 0 Å². The number of hydrogen-bond donors (Lipinski definition) is 0. The standard InChI is InChI=1S/C22H22O3/c1-3-16(2)18-13-14-21(20-12-8-7-11-19(18)20)25-22(23)24-15-17-9-5-4-6-10-17/h4-14,16H,3,15H2,1-2H3. The molecule has 0 aliphatic heterocycles. The minimum atomic E-state index is -0.690. The van der Waals surface area contributed by atoms with E-state index in [0.717, 1.165) is 22.8 Å². The van der Waals surface area contributed by atoms with Gasteiger partial charge in [0.2, 0.25) is 0 Å². The third-order valence-electron chi connectivity index (χ3n) is 4.45. The summed E-state index contributed by atoms with van der Waals surface area (Å²) in [5.41, 5.74) is 2.19. The Morgan fingerprint density at radius 1 is 0.920 bits per heavy atom. The fraction of sp³-hybridized carbons (Fsp3) is 0.227. The summed E-state index contributed by atoms with van der Waals surface area (Å²) in [5, 5.41) is 2.04. The van der Waals surface area contributed by atoms with E-state index in [1.165, 1.54) is 5.56 Å². The summed E-state index contributed by atoms with van der Waals surface area (Å²) in [6.45, 7) is 4.57. The molecule has 0 N–H and O–H groups in total. The molecule has 25 heavy (non-hydrogen) atoms. The lowest BCUT2D eigenvalue weighted by molar-refractivity contribution is 0.0932. The van der Waals surface area contributed by atoms with E-state index in [2.05, 4.69) is 19.9 Å². The maximum absolute atomic E-state index is 12.1.